The Morgan fingerprint density at radius 2 is 1.58 bits per heavy atom. The van der Waals surface area contributed by atoms with Crippen molar-refractivity contribution >= 4 is 24.5 Å². The zero-order valence-electron chi connectivity index (χ0n) is 5.82. The molecule has 0 aliphatic rings. The third kappa shape index (κ3) is 2.36. The molecule has 0 N–H and O–H groups in total. The van der Waals surface area contributed by atoms with Crippen LogP contribution in [0.25, 0.3) is 0 Å². The minimum absolute atomic E-state index is 0.0147. The van der Waals surface area contributed by atoms with Gasteiger partial charge >= 0.3 is 6.18 Å². The predicted molar refractivity (Wildman–Crippen MR) is 45.2 cm³/mol. The van der Waals surface area contributed by atoms with Crippen LogP contribution in [0.3, 0.4) is 0 Å². The van der Waals surface area contributed by atoms with Crippen molar-refractivity contribution in [1.29, 1.82) is 0 Å². The lowest BCUT2D eigenvalue weighted by Gasteiger charge is -2.05. The largest absolute Gasteiger partial charge is 0.416 e. The molecule has 1 aromatic carbocycles. The summed E-state index contributed by atoms with van der Waals surface area (Å²) in [5.74, 6) is 0. The molecule has 0 bridgehead atoms. The van der Waals surface area contributed by atoms with E-state index in [0.717, 1.165) is 12.1 Å². The molecule has 1 rings (SSSR count). The Balaban J connectivity index is 2.93. The van der Waals surface area contributed by atoms with Gasteiger partial charge in [0, 0.05) is 7.93 Å². The van der Waals surface area contributed by atoms with Gasteiger partial charge in [-0.25, -0.2) is 0 Å². The highest BCUT2D eigenvalue weighted by atomic mass is 35.7. The van der Waals surface area contributed by atoms with Gasteiger partial charge < -0.3 is 0 Å². The molecular weight excluding hydrogens is 207 g/mol. The summed E-state index contributed by atoms with van der Waals surface area (Å²) in [5.41, 5.74) is -0.638. The van der Waals surface area contributed by atoms with E-state index in [2.05, 4.69) is 0 Å². The Kier molecular flexibility index (Phi) is 2.97. The summed E-state index contributed by atoms with van der Waals surface area (Å²) in [6.07, 6.45) is -4.26. The van der Waals surface area contributed by atoms with Gasteiger partial charge in [0.2, 0.25) is 0 Å². The van der Waals surface area contributed by atoms with Gasteiger partial charge in [-0.1, -0.05) is 23.4 Å². The van der Waals surface area contributed by atoms with Crippen LogP contribution in [0.4, 0.5) is 13.2 Å². The quantitative estimate of drug-likeness (QED) is 0.628. The van der Waals surface area contributed by atoms with E-state index >= 15 is 0 Å². The maximum Gasteiger partial charge on any atom is 0.416 e. The predicted octanol–water partition coefficient (Wildman–Crippen LogP) is 3.16. The summed E-state index contributed by atoms with van der Waals surface area (Å²) < 4.78 is 36.0. The van der Waals surface area contributed by atoms with E-state index in [0.29, 0.717) is 5.30 Å². The molecule has 0 amide bonds. The van der Waals surface area contributed by atoms with Crippen LogP contribution in [0.15, 0.2) is 24.3 Å². The van der Waals surface area contributed by atoms with Crippen LogP contribution in [0.5, 0.6) is 0 Å². The number of rotatable bonds is 1. The monoisotopic (exact) mass is 212 g/mol. The van der Waals surface area contributed by atoms with Crippen molar-refractivity contribution in [3.8, 4) is 0 Å². The average Bonchev–Trinajstić information content (AvgIpc) is 2.03. The fourth-order valence-electron chi connectivity index (χ4n) is 0.722. The maximum atomic E-state index is 12.0. The van der Waals surface area contributed by atoms with E-state index in [1.54, 1.807) is 0 Å². The topological polar surface area (TPSA) is 0 Å². The Labute approximate surface area is 74.3 Å². The minimum Gasteiger partial charge on any atom is -0.166 e. The Morgan fingerprint density at radius 1 is 1.08 bits per heavy atom. The Hall–Kier alpha value is -0.270. The molecular formula is C7H5ClF3P. The molecule has 12 heavy (non-hydrogen) atoms. The lowest BCUT2D eigenvalue weighted by atomic mass is 10.2. The second kappa shape index (κ2) is 3.63. The average molecular weight is 213 g/mol. The number of hydrogen-bond acceptors (Lipinski definition) is 0. The Bertz CT molecular complexity index is 254. The smallest absolute Gasteiger partial charge is 0.166 e. The lowest BCUT2D eigenvalue weighted by molar-refractivity contribution is -0.137. The van der Waals surface area contributed by atoms with Crippen molar-refractivity contribution < 1.29 is 13.2 Å². The van der Waals surface area contributed by atoms with E-state index in [4.69, 9.17) is 11.2 Å². The molecule has 1 atom stereocenters. The molecule has 66 valence electrons. The first-order chi connectivity index (χ1) is 5.54. The third-order valence-corrected chi connectivity index (χ3v) is 2.53. The van der Waals surface area contributed by atoms with Gasteiger partial charge in [0.25, 0.3) is 0 Å². The molecule has 0 heterocycles. The first kappa shape index (κ1) is 9.82. The molecule has 0 aliphatic carbocycles. The van der Waals surface area contributed by atoms with E-state index < -0.39 is 11.7 Å². The Morgan fingerprint density at radius 3 is 1.92 bits per heavy atom. The fourth-order valence-corrected chi connectivity index (χ4v) is 1.39. The van der Waals surface area contributed by atoms with Crippen molar-refractivity contribution in [2.45, 2.75) is 6.18 Å². The van der Waals surface area contributed by atoms with E-state index in [-0.39, 0.29) is 7.93 Å². The zero-order valence-corrected chi connectivity index (χ0v) is 7.58. The molecule has 0 saturated carbocycles. The third-order valence-electron chi connectivity index (χ3n) is 1.32. The van der Waals surface area contributed by atoms with Crippen molar-refractivity contribution in [3.05, 3.63) is 29.8 Å². The SMILES string of the molecule is FC(F)(F)c1ccc(PCl)cc1. The summed E-state index contributed by atoms with van der Waals surface area (Å²) in [5, 5.41) is 0.713. The molecule has 1 unspecified atom stereocenters. The standard InChI is InChI=1S/C7H5ClF3P/c8-12-6-3-1-5(2-4-6)7(9,10)11/h1-4,12H. The second-order valence-electron chi connectivity index (χ2n) is 2.17. The highest BCUT2D eigenvalue weighted by molar-refractivity contribution is 7.74. The van der Waals surface area contributed by atoms with E-state index in [9.17, 15) is 13.2 Å². The van der Waals surface area contributed by atoms with Gasteiger partial charge in [0.1, 0.15) is 0 Å². The van der Waals surface area contributed by atoms with Crippen LogP contribution in [-0.4, -0.2) is 0 Å². The number of hydrogen-bond donors (Lipinski definition) is 0. The highest BCUT2D eigenvalue weighted by Crippen LogP contribution is 2.29. The fraction of sp³-hybridized carbons (Fsp3) is 0.143. The first-order valence-electron chi connectivity index (χ1n) is 3.08. The first-order valence-corrected chi connectivity index (χ1v) is 5.09. The van der Waals surface area contributed by atoms with E-state index in [1.807, 2.05) is 0 Å². The maximum absolute atomic E-state index is 12.0. The molecule has 0 saturated heterocycles. The van der Waals surface area contributed by atoms with Gasteiger partial charge in [-0.15, -0.1) is 0 Å². The molecule has 1 aromatic rings. The number of halogens is 4. The molecule has 0 aromatic heterocycles. The molecule has 0 radical (unpaired) electrons. The van der Waals surface area contributed by atoms with Crippen LogP contribution in [-0.2, 0) is 6.18 Å². The van der Waals surface area contributed by atoms with Crippen LogP contribution < -0.4 is 5.30 Å². The summed E-state index contributed by atoms with van der Waals surface area (Å²) in [4.78, 5) is 0. The molecule has 0 aliphatic heterocycles. The van der Waals surface area contributed by atoms with Gasteiger partial charge in [0.15, 0.2) is 0 Å². The van der Waals surface area contributed by atoms with Crippen LogP contribution in [0.2, 0.25) is 0 Å². The lowest BCUT2D eigenvalue weighted by Crippen LogP contribution is -2.05. The summed E-state index contributed by atoms with van der Waals surface area (Å²) in [6, 6.07) is 4.83. The highest BCUT2D eigenvalue weighted by Gasteiger charge is 2.29. The van der Waals surface area contributed by atoms with Gasteiger partial charge in [0.05, 0.1) is 5.56 Å². The van der Waals surface area contributed by atoms with Gasteiger partial charge in [-0.2, -0.15) is 13.2 Å². The zero-order chi connectivity index (χ0) is 9.19. The van der Waals surface area contributed by atoms with Crippen LogP contribution in [0, 0.1) is 0 Å². The molecule has 0 nitrogen and oxygen atoms in total. The second-order valence-corrected chi connectivity index (χ2v) is 3.50. The van der Waals surface area contributed by atoms with Crippen molar-refractivity contribution in [2.24, 2.45) is 0 Å². The summed E-state index contributed by atoms with van der Waals surface area (Å²) in [6.45, 7) is 0. The molecule has 0 fully saturated rings. The van der Waals surface area contributed by atoms with Crippen molar-refractivity contribution in [3.63, 3.8) is 0 Å². The normalized spacial score (nSPS) is 12.7. The number of benzene rings is 1. The van der Waals surface area contributed by atoms with Gasteiger partial charge in [-0.05, 0) is 17.4 Å². The molecule has 5 heteroatoms. The minimum atomic E-state index is -4.26. The molecule has 0 spiro atoms. The van der Waals surface area contributed by atoms with Gasteiger partial charge in [-0.3, -0.25) is 0 Å². The van der Waals surface area contributed by atoms with E-state index in [1.165, 1.54) is 12.1 Å². The van der Waals surface area contributed by atoms with Crippen molar-refractivity contribution in [2.75, 3.05) is 0 Å². The summed E-state index contributed by atoms with van der Waals surface area (Å²) >= 11 is 5.44. The summed E-state index contributed by atoms with van der Waals surface area (Å²) in [7, 11) is 0.0147. The van der Waals surface area contributed by atoms with Crippen LogP contribution in [0.1, 0.15) is 5.56 Å². The number of alkyl halides is 3. The van der Waals surface area contributed by atoms with Crippen molar-refractivity contribution in [1.82, 2.24) is 0 Å². The van der Waals surface area contributed by atoms with Crippen LogP contribution >= 0.6 is 19.2 Å².